The van der Waals surface area contributed by atoms with Crippen molar-refractivity contribution in [2.75, 3.05) is 6.54 Å². The summed E-state index contributed by atoms with van der Waals surface area (Å²) in [5, 5.41) is 3.76. The van der Waals surface area contributed by atoms with E-state index in [1.165, 1.54) is 32.1 Å². The predicted octanol–water partition coefficient (Wildman–Crippen LogP) is 2.96. The van der Waals surface area contributed by atoms with Crippen LogP contribution in [0.15, 0.2) is 0 Å². The normalized spacial score (nSPS) is 21.5. The molecule has 0 aliphatic heterocycles. The molecular weight excluding hydrogens is 193 g/mol. The first-order valence-corrected chi connectivity index (χ1v) is 5.10. The first kappa shape index (κ1) is 12.5. The monoisotopic (exact) mass is 211 g/mol. The molecule has 1 unspecified atom stereocenters. The lowest BCUT2D eigenvalue weighted by molar-refractivity contribution is 0.375. The molecule has 0 aromatic rings. The van der Waals surface area contributed by atoms with E-state index in [0.29, 0.717) is 0 Å². The second-order valence-corrected chi connectivity index (χ2v) is 4.27. The minimum absolute atomic E-state index is 0. The van der Waals surface area contributed by atoms with Crippen LogP contribution >= 0.6 is 24.0 Å². The van der Waals surface area contributed by atoms with Crippen molar-refractivity contribution in [2.45, 2.75) is 50.4 Å². The quantitative estimate of drug-likeness (QED) is 0.709. The Hall–Kier alpha value is 0.540. The van der Waals surface area contributed by atoms with Crippen molar-refractivity contribution in [3.8, 4) is 0 Å². The minimum atomic E-state index is 0. The Balaban J connectivity index is 0.00000121. The summed E-state index contributed by atoms with van der Waals surface area (Å²) in [6.45, 7) is 3.00. The summed E-state index contributed by atoms with van der Waals surface area (Å²) in [6, 6.07) is 0.755. The molecule has 1 N–H and O–H groups in total. The molecule has 3 heteroatoms. The van der Waals surface area contributed by atoms with Crippen molar-refractivity contribution in [3.63, 3.8) is 0 Å². The van der Waals surface area contributed by atoms with Gasteiger partial charge in [0.05, 0.1) is 0 Å². The molecule has 0 bridgehead atoms. The molecule has 0 heterocycles. The molecule has 74 valence electrons. The maximum Gasteiger partial charge on any atom is 0.0432 e. The highest BCUT2D eigenvalue weighted by Crippen LogP contribution is 2.17. The average molecular weight is 212 g/mol. The highest BCUT2D eigenvalue weighted by atomic mass is 35.5. The lowest BCUT2D eigenvalue weighted by atomic mass is 9.95. The van der Waals surface area contributed by atoms with E-state index in [-0.39, 0.29) is 17.8 Å². The first-order chi connectivity index (χ1) is 5.29. The molecule has 1 rings (SSSR count). The van der Waals surface area contributed by atoms with Crippen LogP contribution in [0.1, 0.15) is 39.0 Å². The first-order valence-electron chi connectivity index (χ1n) is 4.66. The van der Waals surface area contributed by atoms with Gasteiger partial charge in [0.25, 0.3) is 0 Å². The highest BCUT2D eigenvalue weighted by Gasteiger charge is 2.12. The number of alkyl halides is 1. The standard InChI is InChI=1S/C9H18ClN.ClH/c1-8(10)7-11-9-5-3-2-4-6-9;/h8-9,11H,2-7H2,1H3;1H. The molecule has 0 saturated heterocycles. The zero-order chi connectivity index (χ0) is 8.10. The van der Waals surface area contributed by atoms with Gasteiger partial charge < -0.3 is 5.32 Å². The predicted molar refractivity (Wildman–Crippen MR) is 57.4 cm³/mol. The summed E-state index contributed by atoms with van der Waals surface area (Å²) >= 11 is 5.83. The summed E-state index contributed by atoms with van der Waals surface area (Å²) in [4.78, 5) is 0. The Morgan fingerprint density at radius 2 is 1.92 bits per heavy atom. The number of hydrogen-bond donors (Lipinski definition) is 1. The van der Waals surface area contributed by atoms with Gasteiger partial charge in [-0.1, -0.05) is 19.3 Å². The highest BCUT2D eigenvalue weighted by molar-refractivity contribution is 6.20. The van der Waals surface area contributed by atoms with Gasteiger partial charge in [0, 0.05) is 18.0 Å². The molecule has 1 aliphatic carbocycles. The summed E-state index contributed by atoms with van der Waals surface area (Å²) in [7, 11) is 0. The molecule has 1 fully saturated rings. The number of rotatable bonds is 3. The molecule has 1 nitrogen and oxygen atoms in total. The third-order valence-corrected chi connectivity index (χ3v) is 2.45. The third-order valence-electron chi connectivity index (χ3n) is 2.29. The van der Waals surface area contributed by atoms with Gasteiger partial charge in [-0.2, -0.15) is 0 Å². The second-order valence-electron chi connectivity index (χ2n) is 3.52. The molecule has 0 aromatic carbocycles. The van der Waals surface area contributed by atoms with Gasteiger partial charge in [-0.05, 0) is 19.8 Å². The van der Waals surface area contributed by atoms with E-state index >= 15 is 0 Å². The van der Waals surface area contributed by atoms with Crippen molar-refractivity contribution in [1.29, 1.82) is 0 Å². The molecule has 1 aliphatic rings. The summed E-state index contributed by atoms with van der Waals surface area (Å²) in [5.41, 5.74) is 0. The van der Waals surface area contributed by atoms with E-state index < -0.39 is 0 Å². The van der Waals surface area contributed by atoms with Crippen molar-refractivity contribution in [3.05, 3.63) is 0 Å². The van der Waals surface area contributed by atoms with Crippen LogP contribution in [0.25, 0.3) is 0 Å². The van der Waals surface area contributed by atoms with Crippen LogP contribution in [0, 0.1) is 0 Å². The van der Waals surface area contributed by atoms with Crippen LogP contribution < -0.4 is 5.32 Å². The fraction of sp³-hybridized carbons (Fsp3) is 1.00. The molecule has 0 amide bonds. The van der Waals surface area contributed by atoms with Crippen molar-refractivity contribution in [2.24, 2.45) is 0 Å². The van der Waals surface area contributed by atoms with Crippen LogP contribution in [0.2, 0.25) is 0 Å². The fourth-order valence-electron chi connectivity index (χ4n) is 1.64. The van der Waals surface area contributed by atoms with E-state index in [1.807, 2.05) is 6.92 Å². The zero-order valence-corrected chi connectivity index (χ0v) is 9.26. The van der Waals surface area contributed by atoms with Crippen molar-refractivity contribution < 1.29 is 0 Å². The van der Waals surface area contributed by atoms with E-state index in [4.69, 9.17) is 11.6 Å². The van der Waals surface area contributed by atoms with Gasteiger partial charge in [0.15, 0.2) is 0 Å². The average Bonchev–Trinajstić information content (AvgIpc) is 2.03. The Labute approximate surface area is 86.7 Å². The van der Waals surface area contributed by atoms with Gasteiger partial charge >= 0.3 is 0 Å². The van der Waals surface area contributed by atoms with Crippen LogP contribution in [-0.2, 0) is 0 Å². The second kappa shape index (κ2) is 6.99. The molecule has 0 radical (unpaired) electrons. The van der Waals surface area contributed by atoms with E-state index in [1.54, 1.807) is 0 Å². The maximum absolute atomic E-state index is 5.83. The molecular formula is C9H19Cl2N. The van der Waals surface area contributed by atoms with Crippen LogP contribution in [0.5, 0.6) is 0 Å². The SMILES string of the molecule is CC(Cl)CNC1CCCCC1.Cl. The number of halogens is 2. The van der Waals surface area contributed by atoms with Gasteiger partial charge in [0.1, 0.15) is 0 Å². The van der Waals surface area contributed by atoms with Gasteiger partial charge in [-0.25, -0.2) is 0 Å². The fourth-order valence-corrected chi connectivity index (χ4v) is 1.72. The Morgan fingerprint density at radius 1 is 1.33 bits per heavy atom. The van der Waals surface area contributed by atoms with Gasteiger partial charge in [-0.15, -0.1) is 24.0 Å². The van der Waals surface area contributed by atoms with Crippen molar-refractivity contribution in [1.82, 2.24) is 5.32 Å². The molecule has 0 aromatic heterocycles. The Bertz CT molecular complexity index is 101. The topological polar surface area (TPSA) is 12.0 Å². The van der Waals surface area contributed by atoms with Crippen LogP contribution in [0.3, 0.4) is 0 Å². The van der Waals surface area contributed by atoms with E-state index in [9.17, 15) is 0 Å². The summed E-state index contributed by atoms with van der Waals surface area (Å²) in [6.07, 6.45) is 6.92. The summed E-state index contributed by atoms with van der Waals surface area (Å²) < 4.78 is 0. The van der Waals surface area contributed by atoms with Gasteiger partial charge in [-0.3, -0.25) is 0 Å². The lowest BCUT2D eigenvalue weighted by Gasteiger charge is -2.23. The molecule has 12 heavy (non-hydrogen) atoms. The van der Waals surface area contributed by atoms with E-state index in [0.717, 1.165) is 12.6 Å². The molecule has 0 spiro atoms. The zero-order valence-electron chi connectivity index (χ0n) is 7.68. The smallest absolute Gasteiger partial charge is 0.0432 e. The molecule has 1 atom stereocenters. The largest absolute Gasteiger partial charge is 0.313 e. The van der Waals surface area contributed by atoms with Crippen LogP contribution in [0.4, 0.5) is 0 Å². The number of hydrogen-bond acceptors (Lipinski definition) is 1. The summed E-state index contributed by atoms with van der Waals surface area (Å²) in [5.74, 6) is 0. The van der Waals surface area contributed by atoms with Crippen molar-refractivity contribution >= 4 is 24.0 Å². The Morgan fingerprint density at radius 3 is 2.42 bits per heavy atom. The maximum atomic E-state index is 5.83. The van der Waals surface area contributed by atoms with Gasteiger partial charge in [0.2, 0.25) is 0 Å². The molecule has 1 saturated carbocycles. The number of nitrogens with one attached hydrogen (secondary N) is 1. The lowest BCUT2D eigenvalue weighted by Crippen LogP contribution is -2.34. The Kier molecular flexibility index (Phi) is 7.31. The van der Waals surface area contributed by atoms with Crippen LogP contribution in [-0.4, -0.2) is 18.0 Å². The van der Waals surface area contributed by atoms with E-state index in [2.05, 4.69) is 5.32 Å². The third kappa shape index (κ3) is 5.23. The minimum Gasteiger partial charge on any atom is -0.313 e.